The van der Waals surface area contributed by atoms with Gasteiger partial charge in [-0.2, -0.15) is 0 Å². The van der Waals surface area contributed by atoms with Gasteiger partial charge in [0.2, 0.25) is 5.91 Å². The number of rotatable bonds is 3. The van der Waals surface area contributed by atoms with E-state index in [0.717, 1.165) is 53.8 Å². The van der Waals surface area contributed by atoms with Crippen molar-refractivity contribution < 1.29 is 4.79 Å². The number of para-hydroxylation sites is 2. The number of benzene rings is 2. The maximum atomic E-state index is 12.4. The lowest BCUT2D eigenvalue weighted by molar-refractivity contribution is -0.120. The second-order valence-corrected chi connectivity index (χ2v) is 6.79. The van der Waals surface area contributed by atoms with Crippen molar-refractivity contribution in [3.63, 3.8) is 0 Å². The molecular formula is C20H24Cl2N4O. The Morgan fingerprint density at radius 1 is 1.07 bits per heavy atom. The lowest BCUT2D eigenvalue weighted by Crippen LogP contribution is -2.34. The molecule has 2 unspecified atom stereocenters. The molecule has 1 fully saturated rings. The van der Waals surface area contributed by atoms with Gasteiger partial charge in [0, 0.05) is 23.2 Å². The van der Waals surface area contributed by atoms with Gasteiger partial charge in [0.05, 0.1) is 11.0 Å². The minimum Gasteiger partial charge on any atom is -0.338 e. The number of carbonyl (C=O) groups is 1. The predicted molar refractivity (Wildman–Crippen MR) is 115 cm³/mol. The highest BCUT2D eigenvalue weighted by Gasteiger charge is 2.25. The molecule has 3 aromatic rings. The Bertz CT molecular complexity index is 861. The van der Waals surface area contributed by atoms with Crippen LogP contribution >= 0.6 is 24.8 Å². The van der Waals surface area contributed by atoms with Crippen LogP contribution in [0.15, 0.2) is 48.5 Å². The quantitative estimate of drug-likeness (QED) is 0.597. The third-order valence-electron chi connectivity index (χ3n) is 4.90. The van der Waals surface area contributed by atoms with E-state index in [1.807, 2.05) is 48.5 Å². The van der Waals surface area contributed by atoms with Crippen molar-refractivity contribution in [3.8, 4) is 11.4 Å². The van der Waals surface area contributed by atoms with Crippen molar-refractivity contribution in [1.82, 2.24) is 9.97 Å². The van der Waals surface area contributed by atoms with E-state index in [-0.39, 0.29) is 42.7 Å². The van der Waals surface area contributed by atoms with Crippen LogP contribution in [0.5, 0.6) is 0 Å². The van der Waals surface area contributed by atoms with Crippen molar-refractivity contribution in [2.24, 2.45) is 11.7 Å². The van der Waals surface area contributed by atoms with Crippen molar-refractivity contribution in [3.05, 3.63) is 48.5 Å². The fourth-order valence-electron chi connectivity index (χ4n) is 3.51. The van der Waals surface area contributed by atoms with Gasteiger partial charge in [0.1, 0.15) is 5.82 Å². The van der Waals surface area contributed by atoms with E-state index in [9.17, 15) is 4.79 Å². The van der Waals surface area contributed by atoms with Gasteiger partial charge >= 0.3 is 0 Å². The molecule has 0 bridgehead atoms. The van der Waals surface area contributed by atoms with Gasteiger partial charge in [0.15, 0.2) is 0 Å². The van der Waals surface area contributed by atoms with Gasteiger partial charge in [-0.1, -0.05) is 18.6 Å². The van der Waals surface area contributed by atoms with Crippen LogP contribution in [0.2, 0.25) is 0 Å². The van der Waals surface area contributed by atoms with E-state index in [4.69, 9.17) is 5.73 Å². The van der Waals surface area contributed by atoms with E-state index < -0.39 is 0 Å². The van der Waals surface area contributed by atoms with E-state index in [1.165, 1.54) is 0 Å². The number of carbonyl (C=O) groups excluding carboxylic acids is 1. The second kappa shape index (κ2) is 9.22. The van der Waals surface area contributed by atoms with Gasteiger partial charge in [-0.3, -0.25) is 4.79 Å². The van der Waals surface area contributed by atoms with E-state index >= 15 is 0 Å². The summed E-state index contributed by atoms with van der Waals surface area (Å²) in [5, 5.41) is 3.01. The van der Waals surface area contributed by atoms with Gasteiger partial charge in [-0.25, -0.2) is 4.98 Å². The van der Waals surface area contributed by atoms with Crippen LogP contribution in [0.3, 0.4) is 0 Å². The molecule has 0 aliphatic heterocycles. The average Bonchev–Trinajstić information content (AvgIpc) is 3.06. The number of nitrogens with one attached hydrogen (secondary N) is 2. The Balaban J connectivity index is 0.00000131. The molecule has 1 aliphatic rings. The molecule has 1 saturated carbocycles. The molecule has 0 radical (unpaired) electrons. The van der Waals surface area contributed by atoms with Crippen molar-refractivity contribution in [2.75, 3.05) is 5.32 Å². The molecule has 2 atom stereocenters. The summed E-state index contributed by atoms with van der Waals surface area (Å²) in [7, 11) is 0. The molecule has 1 amide bonds. The monoisotopic (exact) mass is 406 g/mol. The Morgan fingerprint density at radius 2 is 1.81 bits per heavy atom. The fourth-order valence-corrected chi connectivity index (χ4v) is 3.51. The number of anilines is 1. The molecule has 5 nitrogen and oxygen atoms in total. The number of hydrogen-bond donors (Lipinski definition) is 3. The first-order valence-corrected chi connectivity index (χ1v) is 8.81. The van der Waals surface area contributed by atoms with E-state index in [2.05, 4.69) is 15.3 Å². The normalized spacial score (nSPS) is 19.0. The van der Waals surface area contributed by atoms with Crippen LogP contribution in [0.4, 0.5) is 5.69 Å². The first-order valence-electron chi connectivity index (χ1n) is 8.81. The molecule has 2 aromatic carbocycles. The molecular weight excluding hydrogens is 383 g/mol. The molecule has 1 heterocycles. The Kier molecular flexibility index (Phi) is 7.25. The zero-order valence-electron chi connectivity index (χ0n) is 14.9. The number of imidazole rings is 1. The van der Waals surface area contributed by atoms with E-state index in [0.29, 0.717) is 0 Å². The lowest BCUT2D eigenvalue weighted by Gasteiger charge is -2.25. The highest BCUT2D eigenvalue weighted by molar-refractivity contribution is 5.93. The molecule has 27 heavy (non-hydrogen) atoms. The van der Waals surface area contributed by atoms with Crippen LogP contribution in [-0.2, 0) is 4.79 Å². The highest BCUT2D eigenvalue weighted by Crippen LogP contribution is 2.26. The summed E-state index contributed by atoms with van der Waals surface area (Å²) >= 11 is 0. The predicted octanol–water partition coefficient (Wildman–Crippen LogP) is 4.53. The summed E-state index contributed by atoms with van der Waals surface area (Å²) in [6.45, 7) is 0. The minimum absolute atomic E-state index is 0. The van der Waals surface area contributed by atoms with Gasteiger partial charge in [0.25, 0.3) is 0 Å². The smallest absolute Gasteiger partial charge is 0.227 e. The Hall–Kier alpha value is -2.08. The van der Waals surface area contributed by atoms with Gasteiger partial charge in [-0.05, 0) is 55.7 Å². The third-order valence-corrected chi connectivity index (χ3v) is 4.90. The first-order chi connectivity index (χ1) is 12.2. The summed E-state index contributed by atoms with van der Waals surface area (Å²) < 4.78 is 0. The topological polar surface area (TPSA) is 83.8 Å². The van der Waals surface area contributed by atoms with Crippen LogP contribution in [0.25, 0.3) is 22.4 Å². The molecule has 4 rings (SSSR count). The number of nitrogens with two attached hydrogens (primary N) is 1. The van der Waals surface area contributed by atoms with Gasteiger partial charge in [-0.15, -0.1) is 24.8 Å². The first kappa shape index (κ1) is 21.2. The number of nitrogens with zero attached hydrogens (tertiary/aromatic N) is 1. The standard InChI is InChI=1S/C20H22N4O.2ClH/c21-15-5-3-4-14(12-15)20(25)22-16-10-8-13(9-11-16)19-23-17-6-1-2-7-18(17)24-19;;/h1-2,6-11,14-15H,3-5,12,21H2,(H,22,25)(H,23,24);2*1H. The van der Waals surface area contributed by atoms with Crippen molar-refractivity contribution in [1.29, 1.82) is 0 Å². The summed E-state index contributed by atoms with van der Waals surface area (Å²) in [5.41, 5.74) is 9.75. The SMILES string of the molecule is Cl.Cl.NC1CCCC(C(=O)Nc2ccc(-c3nc4ccccc4[nH]3)cc2)C1. The average molecular weight is 407 g/mol. The minimum atomic E-state index is 0. The van der Waals surface area contributed by atoms with E-state index in [1.54, 1.807) is 0 Å². The van der Waals surface area contributed by atoms with Gasteiger partial charge < -0.3 is 16.0 Å². The Labute approximate surface area is 171 Å². The maximum absolute atomic E-state index is 12.4. The lowest BCUT2D eigenvalue weighted by atomic mass is 9.85. The summed E-state index contributed by atoms with van der Waals surface area (Å²) in [5.74, 6) is 0.933. The molecule has 4 N–H and O–H groups in total. The van der Waals surface area contributed by atoms with Crippen molar-refractivity contribution in [2.45, 2.75) is 31.7 Å². The molecule has 0 saturated heterocycles. The number of H-pyrrole nitrogens is 1. The maximum Gasteiger partial charge on any atom is 0.227 e. The number of amides is 1. The molecule has 1 aromatic heterocycles. The molecule has 7 heteroatoms. The molecule has 0 spiro atoms. The second-order valence-electron chi connectivity index (χ2n) is 6.79. The Morgan fingerprint density at radius 3 is 2.52 bits per heavy atom. The van der Waals surface area contributed by atoms with Crippen LogP contribution in [0.1, 0.15) is 25.7 Å². The number of fused-ring (bicyclic) bond motifs is 1. The number of halogens is 2. The van der Waals surface area contributed by atoms with Crippen LogP contribution < -0.4 is 11.1 Å². The molecule has 144 valence electrons. The summed E-state index contributed by atoms with van der Waals surface area (Å²) in [4.78, 5) is 20.3. The summed E-state index contributed by atoms with van der Waals surface area (Å²) in [6, 6.07) is 15.9. The largest absolute Gasteiger partial charge is 0.338 e. The van der Waals surface area contributed by atoms with Crippen LogP contribution in [-0.4, -0.2) is 21.9 Å². The zero-order valence-corrected chi connectivity index (χ0v) is 16.5. The summed E-state index contributed by atoms with van der Waals surface area (Å²) in [6.07, 6.45) is 3.76. The van der Waals surface area contributed by atoms with Crippen LogP contribution in [0, 0.1) is 5.92 Å². The number of hydrogen-bond acceptors (Lipinski definition) is 3. The van der Waals surface area contributed by atoms with Crippen molar-refractivity contribution >= 4 is 47.4 Å². The fraction of sp³-hybridized carbons (Fsp3) is 0.300. The zero-order chi connectivity index (χ0) is 17.2. The third kappa shape index (κ3) is 4.80. The number of aromatic nitrogens is 2. The highest BCUT2D eigenvalue weighted by atomic mass is 35.5. The number of aromatic amines is 1. The molecule has 1 aliphatic carbocycles.